The van der Waals surface area contributed by atoms with E-state index in [1.165, 1.54) is 43.8 Å². The second-order valence-corrected chi connectivity index (χ2v) is 6.88. The third-order valence-corrected chi connectivity index (χ3v) is 5.09. The summed E-state index contributed by atoms with van der Waals surface area (Å²) in [5.74, 6) is 0. The fourth-order valence-corrected chi connectivity index (χ4v) is 3.87. The zero-order chi connectivity index (χ0) is 20.9. The van der Waals surface area contributed by atoms with Gasteiger partial charge in [0.1, 0.15) is 0 Å². The smallest absolute Gasteiger partial charge is 0.450 e. The van der Waals surface area contributed by atoms with E-state index in [1.54, 1.807) is 0 Å². The van der Waals surface area contributed by atoms with Crippen LogP contribution in [0.3, 0.4) is 0 Å². The second-order valence-electron chi connectivity index (χ2n) is 6.88. The highest BCUT2D eigenvalue weighted by molar-refractivity contribution is 6.04. The molecule has 30 heavy (non-hydrogen) atoms. The lowest BCUT2D eigenvalue weighted by molar-refractivity contribution is 0.137. The van der Waals surface area contributed by atoms with Crippen LogP contribution in [0.4, 0.5) is 4.79 Å². The Morgan fingerprint density at radius 2 is 0.733 bits per heavy atom. The quantitative estimate of drug-likeness (QED) is 0.326. The van der Waals surface area contributed by atoms with Gasteiger partial charge in [-0.1, -0.05) is 109 Å². The van der Waals surface area contributed by atoms with Crippen molar-refractivity contribution in [3.63, 3.8) is 0 Å². The minimum atomic E-state index is -1.83. The molecule has 0 bridgehead atoms. The topological polar surface area (TPSA) is 57.5 Å². The molecule has 0 atom stereocenters. The van der Waals surface area contributed by atoms with Crippen molar-refractivity contribution < 1.29 is 15.0 Å². The number of carboxylic acid groups (broad SMARTS) is 2. The van der Waals surface area contributed by atoms with Gasteiger partial charge in [0.25, 0.3) is 0 Å². The highest BCUT2D eigenvalue weighted by Gasteiger charge is 2.11. The van der Waals surface area contributed by atoms with E-state index < -0.39 is 6.16 Å². The minimum Gasteiger partial charge on any atom is -0.450 e. The normalized spacial score (nSPS) is 10.4. The maximum atomic E-state index is 8.56. The van der Waals surface area contributed by atoms with E-state index in [1.807, 2.05) is 0 Å². The first-order chi connectivity index (χ1) is 14.6. The maximum Gasteiger partial charge on any atom is 0.503 e. The van der Waals surface area contributed by atoms with E-state index in [9.17, 15) is 0 Å². The first-order valence-electron chi connectivity index (χ1n) is 9.62. The largest absolute Gasteiger partial charge is 0.503 e. The van der Waals surface area contributed by atoms with Crippen molar-refractivity contribution in [3.8, 4) is 22.3 Å². The molecule has 0 saturated carbocycles. The van der Waals surface area contributed by atoms with Gasteiger partial charge in [-0.2, -0.15) is 0 Å². The Morgan fingerprint density at radius 3 is 1.17 bits per heavy atom. The van der Waals surface area contributed by atoms with Crippen LogP contribution < -0.4 is 0 Å². The van der Waals surface area contributed by atoms with Crippen molar-refractivity contribution >= 4 is 27.7 Å². The number of hydrogen-bond donors (Lipinski definition) is 2. The molecule has 0 unspecified atom stereocenters. The highest BCUT2D eigenvalue weighted by atomic mass is 16.6. The van der Waals surface area contributed by atoms with Crippen LogP contribution in [-0.2, 0) is 0 Å². The van der Waals surface area contributed by atoms with Crippen molar-refractivity contribution in [3.05, 3.63) is 109 Å². The third-order valence-electron chi connectivity index (χ3n) is 5.09. The molecule has 0 heterocycles. The van der Waals surface area contributed by atoms with E-state index in [0.717, 1.165) is 0 Å². The molecule has 3 heteroatoms. The first kappa shape index (κ1) is 19.2. The van der Waals surface area contributed by atoms with Crippen molar-refractivity contribution in [1.82, 2.24) is 0 Å². The third kappa shape index (κ3) is 3.87. The molecule has 0 saturated heterocycles. The van der Waals surface area contributed by atoms with Gasteiger partial charge in [0.15, 0.2) is 0 Å². The van der Waals surface area contributed by atoms with E-state index in [-0.39, 0.29) is 0 Å². The molecule has 0 aromatic heterocycles. The Labute approximate surface area is 174 Å². The number of fused-ring (bicyclic) bond motifs is 2. The Balaban J connectivity index is 0.000000503. The van der Waals surface area contributed by atoms with Gasteiger partial charge in [-0.15, -0.1) is 0 Å². The molecule has 5 rings (SSSR count). The van der Waals surface area contributed by atoms with Gasteiger partial charge in [0.05, 0.1) is 0 Å². The summed E-state index contributed by atoms with van der Waals surface area (Å²) in [7, 11) is 0. The van der Waals surface area contributed by atoms with Gasteiger partial charge in [-0.05, 0) is 43.8 Å². The number of rotatable bonds is 2. The molecule has 0 amide bonds. The Bertz CT molecular complexity index is 1230. The van der Waals surface area contributed by atoms with E-state index in [2.05, 4.69) is 109 Å². The predicted molar refractivity (Wildman–Crippen MR) is 123 cm³/mol. The highest BCUT2D eigenvalue weighted by Crippen LogP contribution is 2.38. The van der Waals surface area contributed by atoms with Gasteiger partial charge < -0.3 is 10.2 Å². The Hall–Kier alpha value is -4.11. The number of hydrogen-bond acceptors (Lipinski definition) is 1. The molecule has 0 spiro atoms. The average Bonchev–Trinajstić information content (AvgIpc) is 2.78. The van der Waals surface area contributed by atoms with Crippen molar-refractivity contribution in [2.24, 2.45) is 0 Å². The molecule has 5 aromatic rings. The molecule has 5 aromatic carbocycles. The van der Waals surface area contributed by atoms with Crippen LogP contribution in [-0.4, -0.2) is 16.4 Å². The van der Waals surface area contributed by atoms with Crippen molar-refractivity contribution in [2.45, 2.75) is 0 Å². The van der Waals surface area contributed by atoms with E-state index >= 15 is 0 Å². The molecule has 146 valence electrons. The summed E-state index contributed by atoms with van der Waals surface area (Å²) >= 11 is 0. The fraction of sp³-hybridized carbons (Fsp3) is 0. The van der Waals surface area contributed by atoms with Crippen LogP contribution in [0.2, 0.25) is 0 Å². The van der Waals surface area contributed by atoms with Gasteiger partial charge in [-0.3, -0.25) is 0 Å². The van der Waals surface area contributed by atoms with Crippen LogP contribution in [0, 0.1) is 0 Å². The van der Waals surface area contributed by atoms with E-state index in [4.69, 9.17) is 15.0 Å². The SMILES string of the molecule is O=C(O)O.c1ccc(-c2cccc3ccccc23)c(-c2cccc3ccccc23)c1. The van der Waals surface area contributed by atoms with E-state index in [0.29, 0.717) is 0 Å². The summed E-state index contributed by atoms with van der Waals surface area (Å²) in [6.45, 7) is 0. The van der Waals surface area contributed by atoms with Gasteiger partial charge in [0, 0.05) is 0 Å². The summed E-state index contributed by atoms with van der Waals surface area (Å²) in [4.78, 5) is 8.56. The number of carbonyl (C=O) groups is 1. The lowest BCUT2D eigenvalue weighted by Gasteiger charge is -2.14. The van der Waals surface area contributed by atoms with Crippen LogP contribution in [0.5, 0.6) is 0 Å². The van der Waals surface area contributed by atoms with Crippen LogP contribution in [0.15, 0.2) is 109 Å². The summed E-state index contributed by atoms with van der Waals surface area (Å²) in [6.07, 6.45) is -1.83. The monoisotopic (exact) mass is 392 g/mol. The second kappa shape index (κ2) is 8.50. The molecule has 0 fully saturated rings. The fourth-order valence-electron chi connectivity index (χ4n) is 3.87. The molecular formula is C27H20O3. The summed E-state index contributed by atoms with van der Waals surface area (Å²) in [6, 6.07) is 39.1. The molecule has 3 nitrogen and oxygen atoms in total. The van der Waals surface area contributed by atoms with Crippen molar-refractivity contribution in [2.75, 3.05) is 0 Å². The molecule has 0 radical (unpaired) electrons. The molecule has 2 N–H and O–H groups in total. The number of benzene rings is 5. The Morgan fingerprint density at radius 1 is 0.433 bits per heavy atom. The minimum absolute atomic E-state index is 1.28. The first-order valence-corrected chi connectivity index (χ1v) is 9.62. The lowest BCUT2D eigenvalue weighted by Crippen LogP contribution is -1.88. The summed E-state index contributed by atoms with van der Waals surface area (Å²) < 4.78 is 0. The zero-order valence-electron chi connectivity index (χ0n) is 16.2. The molecule has 0 aliphatic rings. The van der Waals surface area contributed by atoms with Gasteiger partial charge >= 0.3 is 6.16 Å². The summed E-state index contributed by atoms with van der Waals surface area (Å²) in [5.41, 5.74) is 5.12. The molecule has 0 aliphatic heterocycles. The average molecular weight is 392 g/mol. The molecule has 0 aliphatic carbocycles. The van der Waals surface area contributed by atoms with Crippen LogP contribution >= 0.6 is 0 Å². The lowest BCUT2D eigenvalue weighted by atomic mass is 9.89. The van der Waals surface area contributed by atoms with Gasteiger partial charge in [-0.25, -0.2) is 4.79 Å². The summed E-state index contributed by atoms with van der Waals surface area (Å²) in [5, 5.41) is 19.1. The van der Waals surface area contributed by atoms with Crippen LogP contribution in [0.1, 0.15) is 0 Å². The zero-order valence-corrected chi connectivity index (χ0v) is 16.2. The van der Waals surface area contributed by atoms with Crippen LogP contribution in [0.25, 0.3) is 43.8 Å². The Kier molecular flexibility index (Phi) is 5.44. The van der Waals surface area contributed by atoms with Crippen molar-refractivity contribution in [1.29, 1.82) is 0 Å². The predicted octanol–water partition coefficient (Wildman–Crippen LogP) is 7.55. The maximum absolute atomic E-state index is 8.56. The molecular weight excluding hydrogens is 372 g/mol. The van der Waals surface area contributed by atoms with Gasteiger partial charge in [0.2, 0.25) is 0 Å². The standard InChI is InChI=1S/C26H18.CH2O3/c1-3-13-21-19(9-1)11-7-17-23(21)25-15-5-6-16-26(25)24-18-8-12-20-10-2-4-14-22(20)24;2-1(3)4/h1-18H;(H2,2,3,4).